The second-order valence-electron chi connectivity index (χ2n) is 5.86. The van der Waals surface area contributed by atoms with Crippen molar-refractivity contribution < 1.29 is 9.53 Å². The maximum Gasteiger partial charge on any atom is 0.222 e. The van der Waals surface area contributed by atoms with Gasteiger partial charge in [0.1, 0.15) is 5.75 Å². The number of fused-ring (bicyclic) bond motifs is 1. The molecule has 2 aliphatic heterocycles. The van der Waals surface area contributed by atoms with Crippen LogP contribution < -0.4 is 10.1 Å². The van der Waals surface area contributed by atoms with Crippen LogP contribution in [0.5, 0.6) is 5.75 Å². The van der Waals surface area contributed by atoms with E-state index in [0.717, 1.165) is 32.6 Å². The van der Waals surface area contributed by atoms with Gasteiger partial charge in [0.15, 0.2) is 0 Å². The molecule has 1 N–H and O–H groups in total. The first kappa shape index (κ1) is 14.7. The number of likely N-dealkylation sites (tertiary alicyclic amines) is 1. The zero-order chi connectivity index (χ0) is 14.7. The Morgan fingerprint density at radius 2 is 2.00 bits per heavy atom. The smallest absolute Gasteiger partial charge is 0.222 e. The fourth-order valence-electron chi connectivity index (χ4n) is 3.18. The van der Waals surface area contributed by atoms with E-state index < -0.39 is 0 Å². The Labute approximate surface area is 130 Å². The van der Waals surface area contributed by atoms with Crippen LogP contribution in [0.4, 0.5) is 0 Å². The molecule has 1 aromatic rings. The van der Waals surface area contributed by atoms with E-state index in [4.69, 9.17) is 16.3 Å². The molecule has 1 amide bonds. The molecule has 0 bridgehead atoms. The van der Waals surface area contributed by atoms with Crippen LogP contribution in [0.1, 0.15) is 12.8 Å². The summed E-state index contributed by atoms with van der Waals surface area (Å²) in [7, 11) is 0. The highest BCUT2D eigenvalue weighted by atomic mass is 35.5. The molecule has 0 unspecified atom stereocenters. The maximum atomic E-state index is 12.2. The lowest BCUT2D eigenvalue weighted by atomic mass is 10.0. The Morgan fingerprint density at radius 3 is 2.71 bits per heavy atom. The third-order valence-corrected chi connectivity index (χ3v) is 4.68. The van der Waals surface area contributed by atoms with Crippen LogP contribution in [0.15, 0.2) is 24.3 Å². The normalized spacial score (nSPS) is 24.1. The van der Waals surface area contributed by atoms with Gasteiger partial charge in [0, 0.05) is 32.6 Å². The van der Waals surface area contributed by atoms with Crippen molar-refractivity contribution in [3.63, 3.8) is 0 Å². The van der Waals surface area contributed by atoms with Gasteiger partial charge < -0.3 is 15.0 Å². The van der Waals surface area contributed by atoms with Gasteiger partial charge in [-0.2, -0.15) is 0 Å². The molecule has 2 atom stereocenters. The number of carbonyl (C=O) groups excluding carboxylic acids is 1. The molecule has 2 fully saturated rings. The van der Waals surface area contributed by atoms with Crippen molar-refractivity contribution in [2.75, 3.05) is 32.8 Å². The lowest BCUT2D eigenvalue weighted by Crippen LogP contribution is -2.31. The standard InChI is InChI=1S/C16H21ClN2O2/c17-14-4-1-2-5-15(14)21-7-3-6-16(20)19-10-12-8-18-9-13(12)11-19/h1-2,4-5,12-13,18H,3,6-11H2/t12-,13+. The minimum atomic E-state index is 0.257. The van der Waals surface area contributed by atoms with Crippen molar-refractivity contribution in [3.8, 4) is 5.75 Å². The molecule has 2 saturated heterocycles. The summed E-state index contributed by atoms with van der Waals surface area (Å²) in [5.41, 5.74) is 0. The number of nitrogens with one attached hydrogen (secondary N) is 1. The van der Waals surface area contributed by atoms with Crippen molar-refractivity contribution in [2.24, 2.45) is 11.8 Å². The summed E-state index contributed by atoms with van der Waals surface area (Å²) in [6, 6.07) is 7.42. The van der Waals surface area contributed by atoms with Crippen LogP contribution in [0.2, 0.25) is 5.02 Å². The largest absolute Gasteiger partial charge is 0.492 e. The number of rotatable bonds is 5. The average Bonchev–Trinajstić information content (AvgIpc) is 3.06. The fraction of sp³-hybridized carbons (Fsp3) is 0.562. The molecule has 0 saturated carbocycles. The Kier molecular flexibility index (Phi) is 4.66. The van der Waals surface area contributed by atoms with Gasteiger partial charge in [0.2, 0.25) is 5.91 Å². The first-order valence-corrected chi connectivity index (χ1v) is 7.97. The van der Waals surface area contributed by atoms with E-state index in [1.807, 2.05) is 23.1 Å². The zero-order valence-corrected chi connectivity index (χ0v) is 12.8. The quantitative estimate of drug-likeness (QED) is 0.848. The van der Waals surface area contributed by atoms with Crippen LogP contribution in [0.3, 0.4) is 0 Å². The molecule has 114 valence electrons. The summed E-state index contributed by atoms with van der Waals surface area (Å²) >= 11 is 6.02. The van der Waals surface area contributed by atoms with Gasteiger partial charge in [-0.05, 0) is 30.4 Å². The van der Waals surface area contributed by atoms with E-state index in [-0.39, 0.29) is 5.91 Å². The van der Waals surface area contributed by atoms with Crippen LogP contribution in [0.25, 0.3) is 0 Å². The van der Waals surface area contributed by atoms with Crippen LogP contribution >= 0.6 is 11.6 Å². The highest BCUT2D eigenvalue weighted by Gasteiger charge is 2.37. The number of hydrogen-bond acceptors (Lipinski definition) is 3. The number of benzene rings is 1. The number of carbonyl (C=O) groups is 1. The highest BCUT2D eigenvalue weighted by molar-refractivity contribution is 6.32. The van der Waals surface area contributed by atoms with Crippen molar-refractivity contribution in [1.29, 1.82) is 0 Å². The summed E-state index contributed by atoms with van der Waals surface area (Å²) in [5.74, 6) is 2.27. The third-order valence-electron chi connectivity index (χ3n) is 4.37. The molecule has 4 nitrogen and oxygen atoms in total. The molecule has 0 radical (unpaired) electrons. The number of ether oxygens (including phenoxy) is 1. The summed E-state index contributed by atoms with van der Waals surface area (Å²) in [5, 5.41) is 4.00. The zero-order valence-electron chi connectivity index (χ0n) is 12.1. The Balaban J connectivity index is 1.38. The van der Waals surface area contributed by atoms with Crippen LogP contribution in [-0.2, 0) is 4.79 Å². The number of halogens is 1. The van der Waals surface area contributed by atoms with Crippen LogP contribution in [0, 0.1) is 11.8 Å². The van der Waals surface area contributed by atoms with Gasteiger partial charge in [0.25, 0.3) is 0 Å². The fourth-order valence-corrected chi connectivity index (χ4v) is 3.37. The predicted molar refractivity (Wildman–Crippen MR) is 82.6 cm³/mol. The predicted octanol–water partition coefficient (Wildman–Crippen LogP) is 2.18. The van der Waals surface area contributed by atoms with Gasteiger partial charge in [-0.15, -0.1) is 0 Å². The van der Waals surface area contributed by atoms with Crippen molar-refractivity contribution in [2.45, 2.75) is 12.8 Å². The lowest BCUT2D eigenvalue weighted by molar-refractivity contribution is -0.130. The van der Waals surface area contributed by atoms with E-state index in [2.05, 4.69) is 5.32 Å². The number of nitrogens with zero attached hydrogens (tertiary/aromatic N) is 1. The Morgan fingerprint density at radius 1 is 1.29 bits per heavy atom. The molecule has 2 aliphatic rings. The van der Waals surface area contributed by atoms with E-state index in [9.17, 15) is 4.79 Å². The Bertz CT molecular complexity index is 497. The van der Waals surface area contributed by atoms with Gasteiger partial charge in [0.05, 0.1) is 11.6 Å². The molecule has 0 spiro atoms. The minimum Gasteiger partial charge on any atom is -0.492 e. The van der Waals surface area contributed by atoms with E-state index in [1.165, 1.54) is 0 Å². The van der Waals surface area contributed by atoms with Gasteiger partial charge in [-0.25, -0.2) is 0 Å². The molecule has 1 aromatic carbocycles. The van der Waals surface area contributed by atoms with Gasteiger partial charge >= 0.3 is 0 Å². The number of hydrogen-bond donors (Lipinski definition) is 1. The third kappa shape index (κ3) is 3.50. The first-order valence-electron chi connectivity index (χ1n) is 7.60. The first-order chi connectivity index (χ1) is 10.2. The van der Waals surface area contributed by atoms with E-state index in [0.29, 0.717) is 35.6 Å². The van der Waals surface area contributed by atoms with E-state index in [1.54, 1.807) is 6.07 Å². The minimum absolute atomic E-state index is 0.257. The molecule has 21 heavy (non-hydrogen) atoms. The monoisotopic (exact) mass is 308 g/mol. The molecule has 3 rings (SSSR count). The maximum absolute atomic E-state index is 12.2. The molecule has 0 aromatic heterocycles. The number of para-hydroxylation sites is 1. The second-order valence-corrected chi connectivity index (χ2v) is 6.27. The summed E-state index contributed by atoms with van der Waals surface area (Å²) < 4.78 is 5.61. The lowest BCUT2D eigenvalue weighted by Gasteiger charge is -2.17. The SMILES string of the molecule is O=C(CCCOc1ccccc1Cl)N1C[C@H]2CNC[C@H]2C1. The summed E-state index contributed by atoms with van der Waals surface area (Å²) in [4.78, 5) is 14.2. The molecule has 2 heterocycles. The van der Waals surface area contributed by atoms with Crippen molar-refractivity contribution in [1.82, 2.24) is 10.2 Å². The topological polar surface area (TPSA) is 41.6 Å². The molecular formula is C16H21ClN2O2. The molecule has 0 aliphatic carbocycles. The average molecular weight is 309 g/mol. The van der Waals surface area contributed by atoms with Gasteiger partial charge in [-0.1, -0.05) is 23.7 Å². The highest BCUT2D eigenvalue weighted by Crippen LogP contribution is 2.27. The summed E-state index contributed by atoms with van der Waals surface area (Å²) in [6.07, 6.45) is 1.28. The Hall–Kier alpha value is -1.26. The van der Waals surface area contributed by atoms with Crippen molar-refractivity contribution >= 4 is 17.5 Å². The van der Waals surface area contributed by atoms with Gasteiger partial charge in [-0.3, -0.25) is 4.79 Å². The van der Waals surface area contributed by atoms with Crippen LogP contribution in [-0.4, -0.2) is 43.6 Å². The summed E-state index contributed by atoms with van der Waals surface area (Å²) in [6.45, 7) is 4.48. The molecule has 5 heteroatoms. The van der Waals surface area contributed by atoms with Crippen molar-refractivity contribution in [3.05, 3.63) is 29.3 Å². The second kappa shape index (κ2) is 6.67. The molecular weight excluding hydrogens is 288 g/mol. The van der Waals surface area contributed by atoms with E-state index >= 15 is 0 Å². The number of amides is 1.